The Bertz CT molecular complexity index is 509. The maximum absolute atomic E-state index is 13.7. The number of nitrogens with one attached hydrogen (secondary N) is 1. The van der Waals surface area contributed by atoms with Crippen LogP contribution in [0.2, 0.25) is 0 Å². The number of aliphatic hydroxyl groups is 1. The molecule has 2 N–H and O–H groups in total. The van der Waals surface area contributed by atoms with Crippen LogP contribution in [0.25, 0.3) is 0 Å². The summed E-state index contributed by atoms with van der Waals surface area (Å²) in [5.41, 5.74) is -0.699. The summed E-state index contributed by atoms with van der Waals surface area (Å²) in [7, 11) is 1.29. The molecule has 2 bridgehead atoms. The molecule has 0 aliphatic carbocycles. The van der Waals surface area contributed by atoms with Gasteiger partial charge in [-0.05, 0) is 43.4 Å². The van der Waals surface area contributed by atoms with Gasteiger partial charge in [-0.25, -0.2) is 4.39 Å². The molecule has 2 heterocycles. The zero-order valence-corrected chi connectivity index (χ0v) is 11.5. The van der Waals surface area contributed by atoms with Crippen molar-refractivity contribution in [2.75, 3.05) is 7.11 Å². The van der Waals surface area contributed by atoms with E-state index in [4.69, 9.17) is 4.74 Å². The van der Waals surface area contributed by atoms with Gasteiger partial charge in [0.2, 0.25) is 5.82 Å². The molecular formula is C15H19F2NO2. The Balaban J connectivity index is 1.97. The van der Waals surface area contributed by atoms with Crippen molar-refractivity contribution in [2.45, 2.75) is 49.8 Å². The third-order valence-electron chi connectivity index (χ3n) is 4.50. The molecule has 5 heteroatoms. The van der Waals surface area contributed by atoms with Crippen LogP contribution in [0.3, 0.4) is 0 Å². The van der Waals surface area contributed by atoms with Gasteiger partial charge in [0.1, 0.15) is 0 Å². The molecule has 0 spiro atoms. The van der Waals surface area contributed by atoms with Crippen molar-refractivity contribution in [3.8, 4) is 5.75 Å². The van der Waals surface area contributed by atoms with E-state index < -0.39 is 17.2 Å². The second-order valence-electron chi connectivity index (χ2n) is 5.91. The number of ether oxygens (including phenoxy) is 1. The number of benzene rings is 1. The van der Waals surface area contributed by atoms with Crippen LogP contribution in [0.1, 0.15) is 37.7 Å². The minimum Gasteiger partial charge on any atom is -0.494 e. The highest BCUT2D eigenvalue weighted by molar-refractivity contribution is 5.35. The minimum absolute atomic E-state index is 0.155. The van der Waals surface area contributed by atoms with Gasteiger partial charge in [0.05, 0.1) is 12.7 Å². The molecule has 2 aliphatic rings. The maximum Gasteiger partial charge on any atom is 0.200 e. The fourth-order valence-electron chi connectivity index (χ4n) is 3.55. The van der Waals surface area contributed by atoms with Gasteiger partial charge in [0.15, 0.2) is 11.6 Å². The Hall–Kier alpha value is -1.20. The first-order chi connectivity index (χ1) is 9.51. The fraction of sp³-hybridized carbons (Fsp3) is 0.600. The van der Waals surface area contributed by atoms with E-state index >= 15 is 0 Å². The molecule has 0 radical (unpaired) electrons. The lowest BCUT2D eigenvalue weighted by Crippen LogP contribution is -2.54. The zero-order valence-electron chi connectivity index (χ0n) is 11.5. The van der Waals surface area contributed by atoms with Gasteiger partial charge in [-0.3, -0.25) is 0 Å². The van der Waals surface area contributed by atoms with E-state index in [1.165, 1.54) is 13.2 Å². The van der Waals surface area contributed by atoms with Gasteiger partial charge >= 0.3 is 0 Å². The quantitative estimate of drug-likeness (QED) is 0.876. The third kappa shape index (κ3) is 2.29. The highest BCUT2D eigenvalue weighted by Gasteiger charge is 2.42. The smallest absolute Gasteiger partial charge is 0.200 e. The number of hydrogen-bond acceptors (Lipinski definition) is 3. The summed E-state index contributed by atoms with van der Waals surface area (Å²) in [6, 6.07) is 3.00. The molecule has 3 rings (SSSR count). The van der Waals surface area contributed by atoms with Crippen LogP contribution in [-0.2, 0) is 5.60 Å². The molecule has 2 unspecified atom stereocenters. The van der Waals surface area contributed by atoms with E-state index in [1.54, 1.807) is 0 Å². The number of hydrogen-bond donors (Lipinski definition) is 2. The predicted octanol–water partition coefficient (Wildman–Crippen LogP) is 2.47. The van der Waals surface area contributed by atoms with Gasteiger partial charge in [-0.15, -0.1) is 0 Å². The fourth-order valence-corrected chi connectivity index (χ4v) is 3.55. The van der Waals surface area contributed by atoms with E-state index in [-0.39, 0.29) is 17.8 Å². The Kier molecular flexibility index (Phi) is 3.42. The lowest BCUT2D eigenvalue weighted by molar-refractivity contribution is -0.0362. The first-order valence-corrected chi connectivity index (χ1v) is 7.04. The van der Waals surface area contributed by atoms with Crippen LogP contribution in [0.5, 0.6) is 5.75 Å². The summed E-state index contributed by atoms with van der Waals surface area (Å²) in [6.07, 6.45) is 4.23. The Morgan fingerprint density at radius 3 is 2.50 bits per heavy atom. The van der Waals surface area contributed by atoms with E-state index in [0.717, 1.165) is 25.3 Å². The number of fused-ring (bicyclic) bond motifs is 2. The van der Waals surface area contributed by atoms with Gasteiger partial charge in [-0.1, -0.05) is 6.42 Å². The van der Waals surface area contributed by atoms with Crippen molar-refractivity contribution < 1.29 is 18.6 Å². The van der Waals surface area contributed by atoms with E-state index in [2.05, 4.69) is 5.32 Å². The van der Waals surface area contributed by atoms with Crippen molar-refractivity contribution in [1.29, 1.82) is 0 Å². The molecule has 2 atom stereocenters. The lowest BCUT2D eigenvalue weighted by atomic mass is 9.74. The summed E-state index contributed by atoms with van der Waals surface area (Å²) in [4.78, 5) is 0. The van der Waals surface area contributed by atoms with Gasteiger partial charge in [-0.2, -0.15) is 4.39 Å². The van der Waals surface area contributed by atoms with Crippen molar-refractivity contribution in [3.05, 3.63) is 29.3 Å². The second-order valence-corrected chi connectivity index (χ2v) is 5.91. The molecule has 2 aliphatic heterocycles. The largest absolute Gasteiger partial charge is 0.494 e. The van der Waals surface area contributed by atoms with Crippen molar-refractivity contribution in [3.63, 3.8) is 0 Å². The Labute approximate surface area is 116 Å². The summed E-state index contributed by atoms with van der Waals surface area (Å²) in [5.74, 6) is -2.14. The first-order valence-electron chi connectivity index (χ1n) is 7.04. The molecule has 0 amide bonds. The van der Waals surface area contributed by atoms with Crippen LogP contribution >= 0.6 is 0 Å². The molecule has 3 nitrogen and oxygen atoms in total. The van der Waals surface area contributed by atoms with Gasteiger partial charge in [0, 0.05) is 12.1 Å². The van der Waals surface area contributed by atoms with Crippen LogP contribution in [0.4, 0.5) is 8.78 Å². The molecule has 0 saturated carbocycles. The second kappa shape index (κ2) is 4.97. The number of rotatable bonds is 2. The highest BCUT2D eigenvalue weighted by atomic mass is 19.2. The molecule has 2 saturated heterocycles. The van der Waals surface area contributed by atoms with Gasteiger partial charge in [0.25, 0.3) is 0 Å². The lowest BCUT2D eigenvalue weighted by Gasteiger charge is -2.45. The molecule has 1 aromatic carbocycles. The number of methoxy groups -OCH3 is 1. The Morgan fingerprint density at radius 2 is 1.90 bits per heavy atom. The predicted molar refractivity (Wildman–Crippen MR) is 70.6 cm³/mol. The normalized spacial score (nSPS) is 33.0. The monoisotopic (exact) mass is 283 g/mol. The van der Waals surface area contributed by atoms with Crippen LogP contribution in [-0.4, -0.2) is 24.3 Å². The van der Waals surface area contributed by atoms with Crippen molar-refractivity contribution in [2.24, 2.45) is 0 Å². The summed E-state index contributed by atoms with van der Waals surface area (Å²) < 4.78 is 32.0. The number of piperidine rings is 2. The van der Waals surface area contributed by atoms with Crippen molar-refractivity contribution in [1.82, 2.24) is 5.32 Å². The van der Waals surface area contributed by atoms with E-state index in [1.807, 2.05) is 0 Å². The highest BCUT2D eigenvalue weighted by Crippen LogP contribution is 2.41. The summed E-state index contributed by atoms with van der Waals surface area (Å²) in [6.45, 7) is 0. The zero-order chi connectivity index (χ0) is 14.3. The number of halogens is 2. The van der Waals surface area contributed by atoms with Gasteiger partial charge < -0.3 is 15.2 Å². The van der Waals surface area contributed by atoms with E-state index in [9.17, 15) is 13.9 Å². The van der Waals surface area contributed by atoms with Crippen molar-refractivity contribution >= 4 is 0 Å². The average Bonchev–Trinajstić information content (AvgIpc) is 2.41. The van der Waals surface area contributed by atoms with Crippen LogP contribution in [0, 0.1) is 11.6 Å². The topological polar surface area (TPSA) is 41.5 Å². The standard InChI is InChI=1S/C15H19F2NO2/c1-20-13-6-9(5-12(16)14(13)17)15(19)7-10-3-2-4-11(8-15)18-10/h5-6,10-11,18-19H,2-4,7-8H2,1H3. The molecule has 110 valence electrons. The summed E-state index contributed by atoms with van der Waals surface area (Å²) >= 11 is 0. The van der Waals surface area contributed by atoms with Crippen LogP contribution in [0.15, 0.2) is 12.1 Å². The summed E-state index contributed by atoms with van der Waals surface area (Å²) in [5, 5.41) is 14.4. The molecule has 20 heavy (non-hydrogen) atoms. The van der Waals surface area contributed by atoms with Crippen LogP contribution < -0.4 is 10.1 Å². The molecule has 1 aromatic rings. The first kappa shape index (κ1) is 13.8. The molecule has 2 fully saturated rings. The molecular weight excluding hydrogens is 264 g/mol. The third-order valence-corrected chi connectivity index (χ3v) is 4.50. The SMILES string of the molecule is COc1cc(C2(O)CC3CCCC(C2)N3)cc(F)c1F. The average molecular weight is 283 g/mol. The molecule has 0 aromatic heterocycles. The maximum atomic E-state index is 13.7. The minimum atomic E-state index is -1.11. The van der Waals surface area contributed by atoms with E-state index in [0.29, 0.717) is 18.4 Å². The Morgan fingerprint density at radius 1 is 1.25 bits per heavy atom.